The molecule has 4 aromatic rings. The van der Waals surface area contributed by atoms with E-state index in [1.54, 1.807) is 12.3 Å². The largest absolute Gasteiger partial charge is 0.392 e. The van der Waals surface area contributed by atoms with Gasteiger partial charge in [0.2, 0.25) is 0 Å². The third-order valence-electron chi connectivity index (χ3n) is 8.41. The smallest absolute Gasteiger partial charge is 0.255 e. The van der Waals surface area contributed by atoms with Crippen LogP contribution in [0, 0.1) is 30.1 Å². The lowest BCUT2D eigenvalue weighted by molar-refractivity contribution is 0.102. The normalized spacial score (nSPS) is 14.2. The lowest BCUT2D eigenvalue weighted by Crippen LogP contribution is -2.43. The summed E-state index contributed by atoms with van der Waals surface area (Å²) < 4.78 is 1.93. The van der Waals surface area contributed by atoms with E-state index in [-0.39, 0.29) is 5.91 Å². The molecule has 0 radical (unpaired) electrons. The molecule has 0 atom stereocenters. The number of benzene rings is 2. The number of nitriles is 1. The molecular formula is C38H42N8O. The van der Waals surface area contributed by atoms with Crippen LogP contribution in [0.3, 0.4) is 0 Å². The molecule has 2 aromatic heterocycles. The molecule has 1 fully saturated rings. The van der Waals surface area contributed by atoms with Crippen LogP contribution >= 0.6 is 0 Å². The summed E-state index contributed by atoms with van der Waals surface area (Å²) in [5.41, 5.74) is 7.24. The molecular weight excluding hydrogens is 584 g/mol. The summed E-state index contributed by atoms with van der Waals surface area (Å²) >= 11 is 0. The topological polar surface area (TPSA) is 101 Å². The number of fused-ring (bicyclic) bond motifs is 1. The van der Waals surface area contributed by atoms with Crippen LogP contribution in [0.4, 0.5) is 11.4 Å². The van der Waals surface area contributed by atoms with Crippen LogP contribution in [0.5, 0.6) is 0 Å². The molecule has 0 bridgehead atoms. The number of nitrogens with zero attached hydrogens (tertiary/aromatic N) is 5. The number of imidazole rings is 1. The molecule has 47 heavy (non-hydrogen) atoms. The van der Waals surface area contributed by atoms with E-state index < -0.39 is 5.41 Å². The van der Waals surface area contributed by atoms with Gasteiger partial charge in [0, 0.05) is 69.0 Å². The second-order valence-corrected chi connectivity index (χ2v) is 12.4. The fraction of sp³-hybridized carbons (Fsp3) is 0.289. The Balaban J connectivity index is 1.39. The zero-order valence-electron chi connectivity index (χ0n) is 27.8. The maximum atomic E-state index is 13.6. The standard InChI is InChI=1S/C38H42N8O/c1-7-32(23-40-5)42-35-9-8-14-46-34(24-41-36(35)46)13-12-29-21-30(11-10-27(29)2)37(47)43-33-20-28(19-31(22-33)38(3,4)26-39)25-45-17-15-44(6)16-18-45/h7-11,14,19-24,40,42H,1,15-18,25H2,2-6H3,(H,43,47)/b32-23+. The van der Waals surface area contributed by atoms with Gasteiger partial charge in [-0.25, -0.2) is 4.98 Å². The van der Waals surface area contributed by atoms with Crippen LogP contribution in [-0.2, 0) is 12.0 Å². The Morgan fingerprint density at radius 2 is 1.87 bits per heavy atom. The molecule has 9 nitrogen and oxygen atoms in total. The third kappa shape index (κ3) is 7.90. The van der Waals surface area contributed by atoms with Crippen LogP contribution in [-0.4, -0.2) is 65.4 Å². The van der Waals surface area contributed by atoms with Crippen molar-refractivity contribution in [1.82, 2.24) is 24.5 Å². The van der Waals surface area contributed by atoms with Gasteiger partial charge in [-0.3, -0.25) is 14.1 Å². The maximum Gasteiger partial charge on any atom is 0.255 e. The number of carbonyl (C=O) groups is 1. The molecule has 240 valence electrons. The highest BCUT2D eigenvalue weighted by Crippen LogP contribution is 2.28. The Kier molecular flexibility index (Phi) is 10.1. The van der Waals surface area contributed by atoms with Crippen molar-refractivity contribution < 1.29 is 4.79 Å². The first kappa shape index (κ1) is 33.0. The minimum absolute atomic E-state index is 0.233. The van der Waals surface area contributed by atoms with Gasteiger partial charge in [0.15, 0.2) is 5.65 Å². The lowest BCUT2D eigenvalue weighted by atomic mass is 9.85. The first-order valence-electron chi connectivity index (χ1n) is 15.7. The van der Waals surface area contributed by atoms with E-state index in [9.17, 15) is 10.1 Å². The Morgan fingerprint density at radius 3 is 2.60 bits per heavy atom. The summed E-state index contributed by atoms with van der Waals surface area (Å²) in [6.07, 6.45) is 7.21. The van der Waals surface area contributed by atoms with Crippen molar-refractivity contribution in [3.63, 3.8) is 0 Å². The number of anilines is 2. The molecule has 0 saturated carbocycles. The van der Waals surface area contributed by atoms with Crippen molar-refractivity contribution in [2.24, 2.45) is 0 Å². The van der Waals surface area contributed by atoms with Gasteiger partial charge in [-0.2, -0.15) is 5.26 Å². The maximum absolute atomic E-state index is 13.6. The minimum Gasteiger partial charge on any atom is -0.392 e. The first-order valence-corrected chi connectivity index (χ1v) is 15.7. The van der Waals surface area contributed by atoms with E-state index in [4.69, 9.17) is 0 Å². The van der Waals surface area contributed by atoms with Crippen LogP contribution in [0.1, 0.15) is 52.2 Å². The molecule has 3 N–H and O–H groups in total. The zero-order valence-corrected chi connectivity index (χ0v) is 27.8. The van der Waals surface area contributed by atoms with Crippen molar-refractivity contribution in [3.8, 4) is 17.9 Å². The number of piperazine rings is 1. The summed E-state index contributed by atoms with van der Waals surface area (Å²) in [5, 5.41) is 19.3. The number of aryl methyl sites for hydroxylation is 1. The second-order valence-electron chi connectivity index (χ2n) is 12.4. The van der Waals surface area contributed by atoms with Crippen molar-refractivity contribution in [3.05, 3.63) is 119 Å². The number of likely N-dealkylation sites (N-methyl/N-ethyl adjacent to an activating group) is 1. The van der Waals surface area contributed by atoms with Crippen molar-refractivity contribution in [2.75, 3.05) is 50.9 Å². The van der Waals surface area contributed by atoms with E-state index in [2.05, 4.69) is 68.3 Å². The number of amides is 1. The molecule has 1 saturated heterocycles. The molecule has 1 aliphatic heterocycles. The van der Waals surface area contributed by atoms with Crippen molar-refractivity contribution in [2.45, 2.75) is 32.7 Å². The number of pyridine rings is 1. The fourth-order valence-electron chi connectivity index (χ4n) is 5.44. The van der Waals surface area contributed by atoms with Crippen LogP contribution < -0.4 is 16.0 Å². The summed E-state index contributed by atoms with van der Waals surface area (Å²) in [5.74, 6) is 6.27. The summed E-state index contributed by atoms with van der Waals surface area (Å²) in [7, 11) is 3.97. The molecule has 1 aliphatic rings. The Labute approximate surface area is 277 Å². The number of hydrogen-bond donors (Lipinski definition) is 3. The van der Waals surface area contributed by atoms with Gasteiger partial charge < -0.3 is 20.9 Å². The molecule has 0 aliphatic carbocycles. The Bertz CT molecular complexity index is 1930. The number of rotatable bonds is 9. The van der Waals surface area contributed by atoms with Crippen LogP contribution in [0.15, 0.2) is 85.5 Å². The average molecular weight is 627 g/mol. The monoisotopic (exact) mass is 626 g/mol. The van der Waals surface area contributed by atoms with Gasteiger partial charge >= 0.3 is 0 Å². The van der Waals surface area contributed by atoms with E-state index in [1.807, 2.05) is 87.1 Å². The third-order valence-corrected chi connectivity index (χ3v) is 8.41. The SMILES string of the molecule is C=C/C(=C\NC)Nc1cccn2c(C#Cc3cc(C(=O)Nc4cc(CN5CCN(C)CC5)cc(C(C)(C)C#N)c4)ccc3C)cnc12. The van der Waals surface area contributed by atoms with Gasteiger partial charge in [0.05, 0.1) is 29.1 Å². The zero-order chi connectivity index (χ0) is 33.6. The molecule has 9 heteroatoms. The molecule has 3 heterocycles. The minimum atomic E-state index is -0.698. The number of hydrogen-bond acceptors (Lipinski definition) is 7. The van der Waals surface area contributed by atoms with E-state index >= 15 is 0 Å². The highest BCUT2D eigenvalue weighted by molar-refractivity contribution is 6.04. The molecule has 0 spiro atoms. The number of carbonyl (C=O) groups excluding carboxylic acids is 1. The number of aromatic nitrogens is 2. The molecule has 5 rings (SSSR count). The number of allylic oxidation sites excluding steroid dienone is 1. The second kappa shape index (κ2) is 14.4. The van der Waals surface area contributed by atoms with E-state index in [1.165, 1.54) is 0 Å². The van der Waals surface area contributed by atoms with Gasteiger partial charge in [-0.1, -0.05) is 24.6 Å². The Hall–Kier alpha value is -5.35. The Morgan fingerprint density at radius 1 is 1.09 bits per heavy atom. The van der Waals surface area contributed by atoms with Gasteiger partial charge in [0.1, 0.15) is 5.69 Å². The van der Waals surface area contributed by atoms with Crippen LogP contribution in [0.2, 0.25) is 0 Å². The van der Waals surface area contributed by atoms with Crippen LogP contribution in [0.25, 0.3) is 5.65 Å². The van der Waals surface area contributed by atoms with E-state index in [0.29, 0.717) is 11.3 Å². The van der Waals surface area contributed by atoms with Gasteiger partial charge in [-0.05, 0) is 92.9 Å². The van der Waals surface area contributed by atoms with Gasteiger partial charge in [-0.15, -0.1) is 0 Å². The summed E-state index contributed by atoms with van der Waals surface area (Å²) in [6, 6.07) is 17.8. The predicted octanol–water partition coefficient (Wildman–Crippen LogP) is 5.50. The average Bonchev–Trinajstić information content (AvgIpc) is 3.49. The number of nitrogens with one attached hydrogen (secondary N) is 3. The summed E-state index contributed by atoms with van der Waals surface area (Å²) in [6.45, 7) is 14.4. The van der Waals surface area contributed by atoms with Crippen molar-refractivity contribution in [1.29, 1.82) is 5.26 Å². The van der Waals surface area contributed by atoms with Gasteiger partial charge in [0.25, 0.3) is 5.91 Å². The molecule has 2 aromatic carbocycles. The van der Waals surface area contributed by atoms with Crippen molar-refractivity contribution >= 4 is 22.9 Å². The highest BCUT2D eigenvalue weighted by atomic mass is 16.1. The fourth-order valence-corrected chi connectivity index (χ4v) is 5.44. The summed E-state index contributed by atoms with van der Waals surface area (Å²) in [4.78, 5) is 22.9. The molecule has 1 amide bonds. The lowest BCUT2D eigenvalue weighted by Gasteiger charge is -2.32. The highest BCUT2D eigenvalue weighted by Gasteiger charge is 2.23. The predicted molar refractivity (Wildman–Crippen MR) is 189 cm³/mol. The quantitative estimate of drug-likeness (QED) is 0.167. The van der Waals surface area contributed by atoms with E-state index in [0.717, 1.165) is 77.7 Å². The first-order chi connectivity index (χ1) is 22.6. The molecule has 0 unspecified atom stereocenters.